The van der Waals surface area contributed by atoms with Gasteiger partial charge < -0.3 is 15.0 Å². The molecule has 3 aromatic rings. The van der Waals surface area contributed by atoms with Crippen molar-refractivity contribution in [1.29, 1.82) is 0 Å². The molecule has 11 heteroatoms. The molecule has 1 fully saturated rings. The fraction of sp³-hybridized carbons (Fsp3) is 0.357. The van der Waals surface area contributed by atoms with Crippen LogP contribution < -0.4 is 5.32 Å². The minimum Gasteiger partial charge on any atom is -0.466 e. The van der Waals surface area contributed by atoms with E-state index in [1.165, 1.54) is 23.5 Å². The number of carbonyl (C=O) groups excluding carboxylic acids is 3. The van der Waals surface area contributed by atoms with Gasteiger partial charge in [0, 0.05) is 36.5 Å². The van der Waals surface area contributed by atoms with Crippen LogP contribution in [0.4, 0.5) is 13.2 Å². The van der Waals surface area contributed by atoms with Crippen LogP contribution in [0, 0.1) is 0 Å². The van der Waals surface area contributed by atoms with Crippen molar-refractivity contribution < 1.29 is 32.3 Å². The molecule has 7 nitrogen and oxygen atoms in total. The second-order valence-electron chi connectivity index (χ2n) is 9.07. The van der Waals surface area contributed by atoms with Crippen molar-refractivity contribution in [3.8, 4) is 11.1 Å². The first-order valence-corrected chi connectivity index (χ1v) is 13.5. The fourth-order valence-electron chi connectivity index (χ4n) is 4.44. The van der Waals surface area contributed by atoms with Crippen LogP contribution >= 0.6 is 11.3 Å². The van der Waals surface area contributed by atoms with Crippen LogP contribution in [0.25, 0.3) is 11.1 Å². The van der Waals surface area contributed by atoms with E-state index in [4.69, 9.17) is 4.74 Å². The molecule has 1 saturated heterocycles. The standard InChI is InChI=1S/C28H28F3N3O4S/c1-2-38-24(35)11-14-32-25(36)23-17-39-26(33-23)19-12-15-34(16-13-19)27(37)22-6-4-3-5-21(22)18-7-9-20(10-8-18)28(29,30)31/h3-10,17,19H,2,11-16H2,1H3,(H,32,36). The Hall–Kier alpha value is -3.73. The molecular weight excluding hydrogens is 531 g/mol. The summed E-state index contributed by atoms with van der Waals surface area (Å²) in [4.78, 5) is 43.4. The van der Waals surface area contributed by atoms with Crippen LogP contribution in [-0.2, 0) is 15.7 Å². The maximum atomic E-state index is 13.4. The average Bonchev–Trinajstić information content (AvgIpc) is 3.43. The molecule has 2 amide bonds. The molecule has 1 aliphatic rings. The normalized spacial score (nSPS) is 14.2. The Morgan fingerprint density at radius 3 is 2.44 bits per heavy atom. The van der Waals surface area contributed by atoms with E-state index in [1.807, 2.05) is 0 Å². The van der Waals surface area contributed by atoms with Gasteiger partial charge in [0.1, 0.15) is 5.69 Å². The second kappa shape index (κ2) is 12.4. The lowest BCUT2D eigenvalue weighted by molar-refractivity contribution is -0.143. The van der Waals surface area contributed by atoms with Gasteiger partial charge in [-0.25, -0.2) is 4.98 Å². The number of hydrogen-bond donors (Lipinski definition) is 1. The van der Waals surface area contributed by atoms with Gasteiger partial charge in [0.25, 0.3) is 11.8 Å². The van der Waals surface area contributed by atoms with Crippen molar-refractivity contribution in [3.05, 3.63) is 75.7 Å². The molecule has 1 aliphatic heterocycles. The number of aromatic nitrogens is 1. The molecule has 1 N–H and O–H groups in total. The Morgan fingerprint density at radius 1 is 1.08 bits per heavy atom. The first-order valence-electron chi connectivity index (χ1n) is 12.6. The van der Waals surface area contributed by atoms with Crippen LogP contribution in [0.5, 0.6) is 0 Å². The number of amides is 2. The van der Waals surface area contributed by atoms with Gasteiger partial charge in [0.05, 0.1) is 23.6 Å². The molecule has 4 rings (SSSR count). The van der Waals surface area contributed by atoms with Crippen molar-refractivity contribution in [2.45, 2.75) is 38.3 Å². The third-order valence-electron chi connectivity index (χ3n) is 6.49. The van der Waals surface area contributed by atoms with E-state index in [2.05, 4.69) is 10.3 Å². The number of nitrogens with zero attached hydrogens (tertiary/aromatic N) is 2. The quantitative estimate of drug-likeness (QED) is 0.367. The lowest BCUT2D eigenvalue weighted by atomic mass is 9.94. The first-order chi connectivity index (χ1) is 18.7. The summed E-state index contributed by atoms with van der Waals surface area (Å²) in [6.45, 7) is 3.16. The van der Waals surface area contributed by atoms with E-state index in [-0.39, 0.29) is 43.3 Å². The second-order valence-corrected chi connectivity index (χ2v) is 9.96. The zero-order valence-electron chi connectivity index (χ0n) is 21.3. The number of nitrogens with one attached hydrogen (secondary N) is 1. The number of hydrogen-bond acceptors (Lipinski definition) is 6. The van der Waals surface area contributed by atoms with Crippen molar-refractivity contribution >= 4 is 29.1 Å². The summed E-state index contributed by atoms with van der Waals surface area (Å²) in [6.07, 6.45) is -2.99. The van der Waals surface area contributed by atoms with E-state index < -0.39 is 11.7 Å². The Balaban J connectivity index is 1.36. The summed E-state index contributed by atoms with van der Waals surface area (Å²) in [5.74, 6) is -0.801. The number of likely N-dealkylation sites (tertiary alicyclic amines) is 1. The Kier molecular flexibility index (Phi) is 9.01. The topological polar surface area (TPSA) is 88.6 Å². The summed E-state index contributed by atoms with van der Waals surface area (Å²) in [5, 5.41) is 5.18. The summed E-state index contributed by atoms with van der Waals surface area (Å²) in [5.41, 5.74) is 1.11. The van der Waals surface area contributed by atoms with Gasteiger partial charge in [-0.05, 0) is 49.1 Å². The Bertz CT molecular complexity index is 1320. The molecule has 0 saturated carbocycles. The Morgan fingerprint density at radius 2 is 1.77 bits per heavy atom. The SMILES string of the molecule is CCOC(=O)CCNC(=O)c1csc(C2CCN(C(=O)c3ccccc3-c3ccc(C(F)(F)F)cc3)CC2)n1. The molecule has 0 unspecified atom stereocenters. The van der Waals surface area contributed by atoms with Crippen LogP contribution in [0.15, 0.2) is 53.9 Å². The van der Waals surface area contributed by atoms with Gasteiger partial charge in [-0.15, -0.1) is 11.3 Å². The number of piperidine rings is 1. The molecule has 2 heterocycles. The van der Waals surface area contributed by atoms with Gasteiger partial charge in [0.2, 0.25) is 0 Å². The van der Waals surface area contributed by atoms with Crippen LogP contribution in [0.1, 0.15) is 63.5 Å². The van der Waals surface area contributed by atoms with Crippen LogP contribution in [0.2, 0.25) is 0 Å². The van der Waals surface area contributed by atoms with Gasteiger partial charge in [0.15, 0.2) is 0 Å². The van der Waals surface area contributed by atoms with Crippen molar-refractivity contribution in [2.75, 3.05) is 26.2 Å². The number of esters is 1. The Labute approximate surface area is 228 Å². The summed E-state index contributed by atoms with van der Waals surface area (Å²) in [6, 6.07) is 11.7. The number of carbonyl (C=O) groups is 3. The number of benzene rings is 2. The zero-order chi connectivity index (χ0) is 28.0. The number of rotatable bonds is 8. The molecule has 39 heavy (non-hydrogen) atoms. The van der Waals surface area contributed by atoms with Crippen molar-refractivity contribution in [2.24, 2.45) is 0 Å². The third-order valence-corrected chi connectivity index (χ3v) is 7.49. The molecule has 0 spiro atoms. The highest BCUT2D eigenvalue weighted by Crippen LogP contribution is 2.34. The third kappa shape index (κ3) is 7.03. The molecular formula is C28H28F3N3O4S. The van der Waals surface area contributed by atoms with Crippen molar-refractivity contribution in [1.82, 2.24) is 15.2 Å². The predicted octanol–water partition coefficient (Wildman–Crippen LogP) is 5.53. The van der Waals surface area contributed by atoms with E-state index in [0.29, 0.717) is 48.3 Å². The largest absolute Gasteiger partial charge is 0.466 e. The molecule has 0 atom stereocenters. The highest BCUT2D eigenvalue weighted by Gasteiger charge is 2.31. The number of alkyl halides is 3. The lowest BCUT2D eigenvalue weighted by Gasteiger charge is -2.31. The monoisotopic (exact) mass is 559 g/mol. The van der Waals surface area contributed by atoms with Gasteiger partial charge >= 0.3 is 12.1 Å². The van der Waals surface area contributed by atoms with E-state index in [0.717, 1.165) is 17.1 Å². The maximum absolute atomic E-state index is 13.4. The zero-order valence-corrected chi connectivity index (χ0v) is 22.1. The molecule has 2 aromatic carbocycles. The molecule has 0 bridgehead atoms. The van der Waals surface area contributed by atoms with E-state index in [9.17, 15) is 27.6 Å². The smallest absolute Gasteiger partial charge is 0.416 e. The number of halogens is 3. The van der Waals surface area contributed by atoms with Crippen LogP contribution in [-0.4, -0.2) is 53.9 Å². The maximum Gasteiger partial charge on any atom is 0.416 e. The minimum absolute atomic E-state index is 0.0884. The summed E-state index contributed by atoms with van der Waals surface area (Å²) in [7, 11) is 0. The van der Waals surface area contributed by atoms with Gasteiger partial charge in [-0.1, -0.05) is 30.3 Å². The lowest BCUT2D eigenvalue weighted by Crippen LogP contribution is -2.38. The first kappa shape index (κ1) is 28.3. The fourth-order valence-corrected chi connectivity index (χ4v) is 5.41. The highest BCUT2D eigenvalue weighted by atomic mass is 32.1. The van der Waals surface area contributed by atoms with Crippen molar-refractivity contribution in [3.63, 3.8) is 0 Å². The number of ether oxygens (including phenoxy) is 1. The highest BCUT2D eigenvalue weighted by molar-refractivity contribution is 7.09. The molecule has 0 radical (unpaired) electrons. The summed E-state index contributed by atoms with van der Waals surface area (Å²) >= 11 is 1.39. The average molecular weight is 560 g/mol. The number of thiazole rings is 1. The van der Waals surface area contributed by atoms with Crippen LogP contribution in [0.3, 0.4) is 0 Å². The molecule has 206 valence electrons. The predicted molar refractivity (Wildman–Crippen MR) is 140 cm³/mol. The molecule has 0 aliphatic carbocycles. The summed E-state index contributed by atoms with van der Waals surface area (Å²) < 4.78 is 43.7. The van der Waals surface area contributed by atoms with Gasteiger partial charge in [-0.3, -0.25) is 14.4 Å². The van der Waals surface area contributed by atoms with E-state index >= 15 is 0 Å². The van der Waals surface area contributed by atoms with E-state index in [1.54, 1.807) is 41.5 Å². The molecule has 1 aromatic heterocycles. The van der Waals surface area contributed by atoms with Gasteiger partial charge in [-0.2, -0.15) is 13.2 Å². The minimum atomic E-state index is -4.43.